The second-order valence-electron chi connectivity index (χ2n) is 6.49. The number of aromatic nitrogens is 1. The van der Waals surface area contributed by atoms with Crippen LogP contribution in [0, 0.1) is 6.92 Å². The summed E-state index contributed by atoms with van der Waals surface area (Å²) in [7, 11) is -2.98. The number of rotatable bonds is 10. The molecule has 0 bridgehead atoms. The molecule has 0 fully saturated rings. The smallest absolute Gasteiger partial charge is 0.191 e. The van der Waals surface area contributed by atoms with Crippen LogP contribution in [0.1, 0.15) is 18.1 Å². The minimum atomic E-state index is -2.98. The van der Waals surface area contributed by atoms with Crippen molar-refractivity contribution in [1.29, 1.82) is 0 Å². The first-order valence-electron chi connectivity index (χ1n) is 9.24. The van der Waals surface area contributed by atoms with Crippen LogP contribution in [0.5, 0.6) is 0 Å². The largest absolute Gasteiger partial charge is 0.378 e. The molecule has 0 atom stereocenters. The molecule has 0 saturated carbocycles. The van der Waals surface area contributed by atoms with Crippen LogP contribution in [0.2, 0.25) is 0 Å². The Morgan fingerprint density at radius 3 is 2.81 bits per heavy atom. The molecule has 0 unspecified atom stereocenters. The van der Waals surface area contributed by atoms with Crippen molar-refractivity contribution in [2.75, 3.05) is 44.9 Å². The van der Waals surface area contributed by atoms with E-state index in [-0.39, 0.29) is 12.4 Å². The van der Waals surface area contributed by atoms with E-state index >= 15 is 0 Å². The van der Waals surface area contributed by atoms with Crippen molar-refractivity contribution in [3.05, 3.63) is 35.5 Å². The lowest BCUT2D eigenvalue weighted by atomic mass is 10.1. The number of guanidine groups is 1. The molecule has 0 saturated heterocycles. The van der Waals surface area contributed by atoms with Gasteiger partial charge in [0.05, 0.1) is 25.5 Å². The number of nitrogens with one attached hydrogen (secondary N) is 3. The number of ether oxygens (including phenoxy) is 1. The van der Waals surface area contributed by atoms with Crippen molar-refractivity contribution in [3.63, 3.8) is 0 Å². The Kier molecular flexibility index (Phi) is 8.12. The number of aliphatic imine (C=N–C) groups is 1. The molecule has 0 aliphatic carbocycles. The molecule has 1 aromatic heterocycles. The van der Waals surface area contributed by atoms with Crippen molar-refractivity contribution < 1.29 is 13.2 Å². The summed E-state index contributed by atoms with van der Waals surface area (Å²) in [4.78, 5) is 7.81. The van der Waals surface area contributed by atoms with Crippen LogP contribution in [-0.2, 0) is 21.0 Å². The van der Waals surface area contributed by atoms with Gasteiger partial charge in [-0.25, -0.2) is 8.42 Å². The molecule has 27 heavy (non-hydrogen) atoms. The molecular formula is C19H30N4O3S. The highest BCUT2D eigenvalue weighted by Crippen LogP contribution is 2.21. The first kappa shape index (κ1) is 21.2. The van der Waals surface area contributed by atoms with E-state index in [1.54, 1.807) is 0 Å². The summed E-state index contributed by atoms with van der Waals surface area (Å²) in [5.41, 5.74) is 3.72. The Balaban J connectivity index is 1.78. The average Bonchev–Trinajstić information content (AvgIpc) is 3.01. The highest BCUT2D eigenvalue weighted by atomic mass is 32.2. The van der Waals surface area contributed by atoms with Gasteiger partial charge in [0.25, 0.3) is 0 Å². The summed E-state index contributed by atoms with van der Waals surface area (Å²) in [5.74, 6) is 0.777. The molecular weight excluding hydrogens is 364 g/mol. The predicted molar refractivity (Wildman–Crippen MR) is 111 cm³/mol. The van der Waals surface area contributed by atoms with E-state index in [1.807, 2.05) is 6.92 Å². The number of benzene rings is 1. The molecule has 8 heteroatoms. The van der Waals surface area contributed by atoms with Gasteiger partial charge in [-0.2, -0.15) is 0 Å². The second kappa shape index (κ2) is 10.3. The quantitative estimate of drug-likeness (QED) is 0.323. The predicted octanol–water partition coefficient (Wildman–Crippen LogP) is 1.64. The second-order valence-corrected chi connectivity index (χ2v) is 8.75. The van der Waals surface area contributed by atoms with Gasteiger partial charge in [0.15, 0.2) is 5.96 Å². The first-order valence-corrected chi connectivity index (χ1v) is 11.3. The highest BCUT2D eigenvalue weighted by molar-refractivity contribution is 7.90. The van der Waals surface area contributed by atoms with Gasteiger partial charge in [-0.1, -0.05) is 18.2 Å². The van der Waals surface area contributed by atoms with Gasteiger partial charge in [-0.05, 0) is 31.4 Å². The third-order valence-electron chi connectivity index (χ3n) is 4.14. The average molecular weight is 395 g/mol. The maximum Gasteiger partial charge on any atom is 0.191 e. The number of nitrogens with zero attached hydrogens (tertiary/aromatic N) is 1. The van der Waals surface area contributed by atoms with Crippen LogP contribution >= 0.6 is 0 Å². The van der Waals surface area contributed by atoms with Crippen molar-refractivity contribution in [2.24, 2.45) is 4.99 Å². The standard InChI is InChI=1S/C19H30N4O3S/c1-4-20-19(22-10-11-26-12-13-27(3,24)25)21-9-8-16-14-23-18-15(2)6-5-7-17(16)18/h5-7,14,23H,4,8-13H2,1-3H3,(H2,20,21,22). The molecule has 3 N–H and O–H groups in total. The zero-order chi connectivity index (χ0) is 19.7. The SMILES string of the molecule is CCNC(=NCCOCCS(C)(=O)=O)NCCc1c[nH]c2c(C)cccc12. The molecule has 0 aliphatic rings. The Labute approximate surface area is 161 Å². The van der Waals surface area contributed by atoms with Gasteiger partial charge in [0.1, 0.15) is 9.84 Å². The molecule has 0 amide bonds. The number of sulfone groups is 1. The third-order valence-corrected chi connectivity index (χ3v) is 5.05. The van der Waals surface area contributed by atoms with Crippen LogP contribution in [0.4, 0.5) is 0 Å². The molecule has 0 aliphatic heterocycles. The van der Waals surface area contributed by atoms with E-state index in [1.165, 1.54) is 28.3 Å². The van der Waals surface area contributed by atoms with E-state index < -0.39 is 9.84 Å². The van der Waals surface area contributed by atoms with Gasteiger partial charge in [-0.3, -0.25) is 4.99 Å². The summed E-state index contributed by atoms with van der Waals surface area (Å²) in [6.07, 6.45) is 4.16. The molecule has 2 rings (SSSR count). The summed E-state index contributed by atoms with van der Waals surface area (Å²) in [5, 5.41) is 7.79. The van der Waals surface area contributed by atoms with Crippen LogP contribution in [-0.4, -0.2) is 64.2 Å². The molecule has 0 radical (unpaired) electrons. The first-order chi connectivity index (χ1) is 12.9. The highest BCUT2D eigenvalue weighted by Gasteiger charge is 2.06. The minimum Gasteiger partial charge on any atom is -0.378 e. The van der Waals surface area contributed by atoms with Crippen molar-refractivity contribution >= 4 is 26.7 Å². The van der Waals surface area contributed by atoms with E-state index in [4.69, 9.17) is 4.74 Å². The van der Waals surface area contributed by atoms with Crippen LogP contribution in [0.3, 0.4) is 0 Å². The zero-order valence-corrected chi connectivity index (χ0v) is 17.2. The fourth-order valence-electron chi connectivity index (χ4n) is 2.76. The number of fused-ring (bicyclic) bond motifs is 1. The van der Waals surface area contributed by atoms with Gasteiger partial charge in [0, 0.05) is 36.4 Å². The minimum absolute atomic E-state index is 0.0408. The van der Waals surface area contributed by atoms with E-state index in [2.05, 4.69) is 51.9 Å². The number of hydrogen-bond acceptors (Lipinski definition) is 4. The Morgan fingerprint density at radius 2 is 2.07 bits per heavy atom. The van der Waals surface area contributed by atoms with Crippen molar-refractivity contribution in [3.8, 4) is 0 Å². The van der Waals surface area contributed by atoms with Gasteiger partial charge in [0.2, 0.25) is 0 Å². The molecule has 7 nitrogen and oxygen atoms in total. The van der Waals surface area contributed by atoms with E-state index in [0.29, 0.717) is 13.2 Å². The number of hydrogen-bond donors (Lipinski definition) is 3. The lowest BCUT2D eigenvalue weighted by Gasteiger charge is -2.11. The number of H-pyrrole nitrogens is 1. The summed E-state index contributed by atoms with van der Waals surface area (Å²) < 4.78 is 27.4. The molecule has 1 aromatic carbocycles. The zero-order valence-electron chi connectivity index (χ0n) is 16.3. The molecule has 0 spiro atoms. The van der Waals surface area contributed by atoms with E-state index in [9.17, 15) is 8.42 Å². The Hall–Kier alpha value is -2.06. The number of aromatic amines is 1. The van der Waals surface area contributed by atoms with Crippen molar-refractivity contribution in [2.45, 2.75) is 20.3 Å². The Bertz CT molecular complexity index is 859. The van der Waals surface area contributed by atoms with Gasteiger partial charge >= 0.3 is 0 Å². The molecule has 2 aromatic rings. The van der Waals surface area contributed by atoms with Crippen molar-refractivity contribution in [1.82, 2.24) is 15.6 Å². The van der Waals surface area contributed by atoms with E-state index in [0.717, 1.165) is 25.5 Å². The fourth-order valence-corrected chi connectivity index (χ4v) is 3.18. The molecule has 1 heterocycles. The maximum atomic E-state index is 11.0. The normalized spacial score (nSPS) is 12.5. The summed E-state index contributed by atoms with van der Waals surface area (Å²) >= 11 is 0. The van der Waals surface area contributed by atoms with Gasteiger partial charge in [-0.15, -0.1) is 0 Å². The maximum absolute atomic E-state index is 11.0. The Morgan fingerprint density at radius 1 is 1.26 bits per heavy atom. The number of para-hydroxylation sites is 1. The van der Waals surface area contributed by atoms with Gasteiger partial charge < -0.3 is 20.4 Å². The van der Waals surface area contributed by atoms with Crippen LogP contribution in [0.25, 0.3) is 10.9 Å². The number of aryl methyl sites for hydroxylation is 1. The topological polar surface area (TPSA) is 95.6 Å². The fraction of sp³-hybridized carbons (Fsp3) is 0.526. The summed E-state index contributed by atoms with van der Waals surface area (Å²) in [6, 6.07) is 6.33. The van der Waals surface area contributed by atoms with Crippen LogP contribution in [0.15, 0.2) is 29.4 Å². The summed E-state index contributed by atoms with van der Waals surface area (Å²) in [6.45, 7) is 6.74. The molecule has 150 valence electrons. The van der Waals surface area contributed by atoms with Crippen LogP contribution < -0.4 is 10.6 Å². The lowest BCUT2D eigenvalue weighted by molar-refractivity contribution is 0.157. The monoisotopic (exact) mass is 394 g/mol. The third kappa shape index (κ3) is 7.22. The lowest BCUT2D eigenvalue weighted by Crippen LogP contribution is -2.38.